The van der Waals surface area contributed by atoms with Crippen molar-refractivity contribution in [1.82, 2.24) is 15.5 Å². The van der Waals surface area contributed by atoms with Gasteiger partial charge in [0, 0.05) is 0 Å². The molecule has 140 valence electrons. The average molecular weight is 385 g/mol. The van der Waals surface area contributed by atoms with Crippen molar-refractivity contribution in [3.63, 3.8) is 0 Å². The van der Waals surface area contributed by atoms with E-state index in [0.717, 1.165) is 50.7 Å². The van der Waals surface area contributed by atoms with E-state index in [1.54, 1.807) is 0 Å². The van der Waals surface area contributed by atoms with Gasteiger partial charge in [-0.25, -0.2) is 8.78 Å². The lowest BCUT2D eigenvalue weighted by Gasteiger charge is -2.23. The van der Waals surface area contributed by atoms with Crippen molar-refractivity contribution >= 4 is 17.7 Å². The van der Waals surface area contributed by atoms with E-state index >= 15 is 0 Å². The zero-order valence-electron chi connectivity index (χ0n) is 14.0. The van der Waals surface area contributed by atoms with Crippen molar-refractivity contribution in [2.75, 3.05) is 38.6 Å². The van der Waals surface area contributed by atoms with E-state index in [1.165, 1.54) is 22.7 Å². The molecule has 0 saturated carbocycles. The quantitative estimate of drug-likeness (QED) is 0.667. The number of hydrogen-bond acceptors (Lipinski definition) is 6. The molecular formula is C16H19F2N4O3S+. The van der Waals surface area contributed by atoms with Crippen LogP contribution in [0.2, 0.25) is 0 Å². The van der Waals surface area contributed by atoms with Crippen molar-refractivity contribution in [2.24, 2.45) is 0 Å². The smallest absolute Gasteiger partial charge is 0.276 e. The second kappa shape index (κ2) is 9.06. The summed E-state index contributed by atoms with van der Waals surface area (Å²) >= 11 is 1.44. The van der Waals surface area contributed by atoms with Crippen molar-refractivity contribution in [3.05, 3.63) is 41.3 Å². The van der Waals surface area contributed by atoms with E-state index in [-0.39, 0.29) is 12.4 Å². The summed E-state index contributed by atoms with van der Waals surface area (Å²) in [7, 11) is 0. The van der Waals surface area contributed by atoms with Gasteiger partial charge < -0.3 is 19.4 Å². The SMILES string of the molecule is O=C(NCc1nnc(SCC[NH+]2CCOCC2)o1)c1c(F)cccc1F. The Bertz CT molecular complexity index is 733. The van der Waals surface area contributed by atoms with Crippen LogP contribution in [-0.2, 0) is 11.3 Å². The van der Waals surface area contributed by atoms with Gasteiger partial charge in [-0.05, 0) is 12.1 Å². The van der Waals surface area contributed by atoms with Gasteiger partial charge in [0.2, 0.25) is 5.89 Å². The lowest BCUT2D eigenvalue weighted by atomic mass is 10.2. The molecule has 2 N–H and O–H groups in total. The number of carbonyl (C=O) groups is 1. The molecule has 1 aliphatic rings. The van der Waals surface area contributed by atoms with E-state index in [1.807, 2.05) is 0 Å². The Morgan fingerprint density at radius 2 is 1.96 bits per heavy atom. The predicted octanol–water partition coefficient (Wildman–Crippen LogP) is 0.285. The standard InChI is InChI=1S/C16H18F2N4O3S/c17-11-2-1-3-12(18)14(11)15(23)19-10-13-20-21-16(25-13)26-9-6-22-4-7-24-8-5-22/h1-3H,4-10H2,(H,19,23)/p+1. The fourth-order valence-electron chi connectivity index (χ4n) is 2.52. The highest BCUT2D eigenvalue weighted by Crippen LogP contribution is 2.15. The van der Waals surface area contributed by atoms with Crippen LogP contribution in [0, 0.1) is 11.6 Å². The number of carbonyl (C=O) groups excluding carboxylic acids is 1. The maximum atomic E-state index is 13.6. The van der Waals surface area contributed by atoms with Crippen molar-refractivity contribution in [2.45, 2.75) is 11.8 Å². The van der Waals surface area contributed by atoms with Gasteiger partial charge in [0.1, 0.15) is 30.3 Å². The highest BCUT2D eigenvalue weighted by molar-refractivity contribution is 7.99. The molecule has 1 saturated heterocycles. The van der Waals surface area contributed by atoms with Gasteiger partial charge in [0.25, 0.3) is 11.1 Å². The van der Waals surface area contributed by atoms with Crippen LogP contribution in [0.4, 0.5) is 8.78 Å². The first kappa shape index (κ1) is 18.7. The van der Waals surface area contributed by atoms with Crippen LogP contribution >= 0.6 is 11.8 Å². The number of morpholine rings is 1. The van der Waals surface area contributed by atoms with Crippen molar-refractivity contribution in [3.8, 4) is 0 Å². The van der Waals surface area contributed by atoms with Gasteiger partial charge in [-0.15, -0.1) is 10.2 Å². The second-order valence-corrected chi connectivity index (χ2v) is 6.75. The first-order chi connectivity index (χ1) is 12.6. The third kappa shape index (κ3) is 4.99. The number of halogens is 2. The fourth-order valence-corrected chi connectivity index (χ4v) is 3.34. The molecule has 1 aromatic heterocycles. The Hall–Kier alpha value is -2.04. The van der Waals surface area contributed by atoms with Crippen LogP contribution in [0.25, 0.3) is 0 Å². The minimum Gasteiger partial charge on any atom is -0.414 e. The van der Waals surface area contributed by atoms with Gasteiger partial charge in [-0.3, -0.25) is 4.79 Å². The van der Waals surface area contributed by atoms with E-state index in [9.17, 15) is 13.6 Å². The minimum atomic E-state index is -0.921. The summed E-state index contributed by atoms with van der Waals surface area (Å²) in [6.45, 7) is 4.42. The zero-order valence-corrected chi connectivity index (χ0v) is 14.8. The third-order valence-corrected chi connectivity index (χ3v) is 4.74. The van der Waals surface area contributed by atoms with Gasteiger partial charge >= 0.3 is 0 Å². The molecule has 26 heavy (non-hydrogen) atoms. The number of benzene rings is 1. The minimum absolute atomic E-state index is 0.102. The molecule has 1 aromatic carbocycles. The summed E-state index contributed by atoms with van der Waals surface area (Å²) in [5.74, 6) is -1.71. The Balaban J connectivity index is 1.45. The lowest BCUT2D eigenvalue weighted by molar-refractivity contribution is -0.905. The van der Waals surface area contributed by atoms with Gasteiger partial charge in [-0.1, -0.05) is 17.8 Å². The zero-order chi connectivity index (χ0) is 18.4. The van der Waals surface area contributed by atoms with E-state index in [0.29, 0.717) is 5.22 Å². The van der Waals surface area contributed by atoms with Gasteiger partial charge in [0.15, 0.2) is 0 Å². The number of hydrogen-bond donors (Lipinski definition) is 2. The molecular weight excluding hydrogens is 366 g/mol. The molecule has 7 nitrogen and oxygen atoms in total. The summed E-state index contributed by atoms with van der Waals surface area (Å²) in [6, 6.07) is 3.24. The highest BCUT2D eigenvalue weighted by Gasteiger charge is 2.18. The summed E-state index contributed by atoms with van der Waals surface area (Å²) in [5, 5.41) is 10.5. The molecule has 0 bridgehead atoms. The topological polar surface area (TPSA) is 81.7 Å². The molecule has 0 unspecified atom stereocenters. The number of amides is 1. The van der Waals surface area contributed by atoms with Crippen LogP contribution in [0.5, 0.6) is 0 Å². The van der Waals surface area contributed by atoms with E-state index < -0.39 is 23.1 Å². The van der Waals surface area contributed by atoms with Crippen LogP contribution in [-0.4, -0.2) is 54.7 Å². The lowest BCUT2D eigenvalue weighted by Crippen LogP contribution is -3.14. The van der Waals surface area contributed by atoms with Crippen LogP contribution in [0.1, 0.15) is 16.2 Å². The first-order valence-corrected chi connectivity index (χ1v) is 9.21. The molecule has 1 amide bonds. The largest absolute Gasteiger partial charge is 0.414 e. The monoisotopic (exact) mass is 385 g/mol. The number of nitrogens with zero attached hydrogens (tertiary/aromatic N) is 2. The Kier molecular flexibility index (Phi) is 6.53. The number of nitrogens with one attached hydrogen (secondary N) is 2. The molecule has 0 spiro atoms. The molecule has 0 radical (unpaired) electrons. The number of rotatable bonds is 7. The summed E-state index contributed by atoms with van der Waals surface area (Å²) in [6.07, 6.45) is 0. The molecule has 2 aromatic rings. The van der Waals surface area contributed by atoms with Crippen LogP contribution in [0.15, 0.2) is 27.8 Å². The fraction of sp³-hybridized carbons (Fsp3) is 0.438. The number of ether oxygens (including phenoxy) is 1. The normalized spacial score (nSPS) is 15.2. The van der Waals surface area contributed by atoms with Crippen molar-refractivity contribution < 1.29 is 27.6 Å². The molecule has 10 heteroatoms. The molecule has 1 aliphatic heterocycles. The summed E-state index contributed by atoms with van der Waals surface area (Å²) < 4.78 is 37.9. The highest BCUT2D eigenvalue weighted by atomic mass is 32.2. The Morgan fingerprint density at radius 1 is 1.23 bits per heavy atom. The maximum absolute atomic E-state index is 13.6. The molecule has 1 fully saturated rings. The van der Waals surface area contributed by atoms with E-state index in [2.05, 4.69) is 15.5 Å². The molecule has 0 aliphatic carbocycles. The summed E-state index contributed by atoms with van der Waals surface area (Å²) in [5.41, 5.74) is -0.630. The number of quaternary nitrogens is 1. The number of aromatic nitrogens is 2. The Labute approximate surface area is 153 Å². The third-order valence-electron chi connectivity index (χ3n) is 3.92. The molecule has 0 atom stereocenters. The summed E-state index contributed by atoms with van der Waals surface area (Å²) in [4.78, 5) is 13.4. The van der Waals surface area contributed by atoms with Gasteiger partial charge in [0.05, 0.1) is 32.1 Å². The number of thioether (sulfide) groups is 1. The molecule has 2 heterocycles. The van der Waals surface area contributed by atoms with Crippen LogP contribution < -0.4 is 10.2 Å². The van der Waals surface area contributed by atoms with Crippen molar-refractivity contribution in [1.29, 1.82) is 0 Å². The Morgan fingerprint density at radius 3 is 2.69 bits per heavy atom. The average Bonchev–Trinajstić information content (AvgIpc) is 3.08. The maximum Gasteiger partial charge on any atom is 0.276 e. The van der Waals surface area contributed by atoms with Crippen LogP contribution in [0.3, 0.4) is 0 Å². The van der Waals surface area contributed by atoms with E-state index in [4.69, 9.17) is 9.15 Å². The second-order valence-electron chi connectivity index (χ2n) is 5.70. The predicted molar refractivity (Wildman–Crippen MR) is 88.9 cm³/mol. The molecule has 3 rings (SSSR count). The van der Waals surface area contributed by atoms with Gasteiger partial charge in [-0.2, -0.15) is 0 Å². The first-order valence-electron chi connectivity index (χ1n) is 8.22.